The van der Waals surface area contributed by atoms with Crippen LogP contribution in [-0.2, 0) is 17.9 Å². The molecule has 1 atom stereocenters. The van der Waals surface area contributed by atoms with Crippen LogP contribution in [0.25, 0.3) is 10.9 Å². The van der Waals surface area contributed by atoms with Crippen LogP contribution in [0.5, 0.6) is 0 Å². The van der Waals surface area contributed by atoms with Gasteiger partial charge in [0.05, 0.1) is 23.4 Å². The van der Waals surface area contributed by atoms with Crippen molar-refractivity contribution in [3.63, 3.8) is 0 Å². The quantitative estimate of drug-likeness (QED) is 0.247. The van der Waals surface area contributed by atoms with Gasteiger partial charge < -0.3 is 14.3 Å². The summed E-state index contributed by atoms with van der Waals surface area (Å²) >= 11 is 6.72. The second-order valence-electron chi connectivity index (χ2n) is 9.15. The van der Waals surface area contributed by atoms with Crippen molar-refractivity contribution in [1.82, 2.24) is 9.88 Å². The lowest BCUT2D eigenvalue weighted by Gasteiger charge is -2.19. The molecule has 184 valence electrons. The fourth-order valence-corrected chi connectivity index (χ4v) is 5.02. The number of rotatable bonds is 8. The number of para-hydroxylation sites is 1. The topological polar surface area (TPSA) is 71.0 Å². The molecule has 5 nitrogen and oxygen atoms in total. The Morgan fingerprint density at radius 1 is 1.03 bits per heavy atom. The Kier molecular flexibility index (Phi) is 7.11. The lowest BCUT2D eigenvalue weighted by Crippen LogP contribution is -2.25. The Balaban J connectivity index is 1.56. The van der Waals surface area contributed by atoms with Gasteiger partial charge in [0.2, 0.25) is 5.91 Å². The number of benzene rings is 3. The summed E-state index contributed by atoms with van der Waals surface area (Å²) in [6.07, 6.45) is 3.87. The van der Waals surface area contributed by atoms with E-state index in [9.17, 15) is 10.1 Å². The zero-order chi connectivity index (χ0) is 25.8. The highest BCUT2D eigenvalue weighted by Gasteiger charge is 2.25. The molecule has 0 saturated heterocycles. The van der Waals surface area contributed by atoms with Crippen LogP contribution >= 0.6 is 11.6 Å². The summed E-state index contributed by atoms with van der Waals surface area (Å²) in [5.41, 5.74) is 5.62. The van der Waals surface area contributed by atoms with Crippen LogP contribution in [0, 0.1) is 18.3 Å². The van der Waals surface area contributed by atoms with Gasteiger partial charge in [0, 0.05) is 36.0 Å². The zero-order valence-corrected chi connectivity index (χ0v) is 21.2. The molecular weight excluding hydrogens is 482 g/mol. The van der Waals surface area contributed by atoms with Gasteiger partial charge in [-0.1, -0.05) is 71.8 Å². The predicted octanol–water partition coefficient (Wildman–Crippen LogP) is 6.95. The first-order chi connectivity index (χ1) is 18.0. The molecule has 2 heterocycles. The summed E-state index contributed by atoms with van der Waals surface area (Å²) in [6.45, 7) is 3.08. The number of fused-ring (bicyclic) bond motifs is 1. The average Bonchev–Trinajstić information content (AvgIpc) is 3.56. The van der Waals surface area contributed by atoms with Gasteiger partial charge in [0.15, 0.2) is 0 Å². The number of hydrogen-bond acceptors (Lipinski definition) is 3. The van der Waals surface area contributed by atoms with Crippen molar-refractivity contribution in [2.75, 3.05) is 0 Å². The lowest BCUT2D eigenvalue weighted by atomic mass is 9.87. The van der Waals surface area contributed by atoms with Crippen molar-refractivity contribution in [2.24, 2.45) is 0 Å². The van der Waals surface area contributed by atoms with E-state index in [1.807, 2.05) is 30.3 Å². The molecule has 0 bridgehead atoms. The minimum atomic E-state index is -0.346. The van der Waals surface area contributed by atoms with Crippen LogP contribution in [0.2, 0.25) is 5.02 Å². The van der Waals surface area contributed by atoms with Crippen LogP contribution in [0.3, 0.4) is 0 Å². The molecule has 5 aromatic rings. The molecule has 0 aliphatic heterocycles. The molecule has 0 aliphatic carbocycles. The number of amides is 1. The second kappa shape index (κ2) is 10.8. The molecule has 0 aliphatic rings. The number of hydrogen-bond donors (Lipinski definition) is 1. The average molecular weight is 508 g/mol. The minimum Gasteiger partial charge on any atom is -0.467 e. The first-order valence-electron chi connectivity index (χ1n) is 12.1. The SMILES string of the molecule is Cc1ccc(Cn2cc(C(CC(=O)NCc3ccco3)c3cccc(C#N)c3Cl)c3ccccc32)cc1. The summed E-state index contributed by atoms with van der Waals surface area (Å²) in [7, 11) is 0. The molecule has 6 heteroatoms. The molecule has 3 aromatic carbocycles. The van der Waals surface area contributed by atoms with E-state index in [0.717, 1.165) is 22.0 Å². The van der Waals surface area contributed by atoms with E-state index in [2.05, 4.69) is 65.5 Å². The molecule has 2 aromatic heterocycles. The fourth-order valence-electron chi connectivity index (χ4n) is 4.72. The molecule has 0 fully saturated rings. The van der Waals surface area contributed by atoms with E-state index >= 15 is 0 Å². The van der Waals surface area contributed by atoms with Gasteiger partial charge in [0.1, 0.15) is 11.8 Å². The normalized spacial score (nSPS) is 11.8. The zero-order valence-electron chi connectivity index (χ0n) is 20.4. The number of halogens is 1. The maximum absolute atomic E-state index is 13.2. The van der Waals surface area contributed by atoms with Gasteiger partial charge in [-0.3, -0.25) is 4.79 Å². The summed E-state index contributed by atoms with van der Waals surface area (Å²) in [4.78, 5) is 13.2. The standard InChI is InChI=1S/C31H26ClN3O2/c1-21-11-13-22(14-12-21)19-35-20-28(25-8-2-3-10-29(25)35)27(26-9-4-6-23(17-33)31(26)32)16-30(36)34-18-24-7-5-15-37-24/h2-15,20,27H,16,18-19H2,1H3,(H,34,36). The molecular formula is C31H26ClN3O2. The van der Waals surface area contributed by atoms with E-state index in [1.165, 1.54) is 11.1 Å². The molecule has 5 rings (SSSR count). The number of aromatic nitrogens is 1. The highest BCUT2D eigenvalue weighted by molar-refractivity contribution is 6.32. The molecule has 0 saturated carbocycles. The Labute approximate surface area is 220 Å². The summed E-state index contributed by atoms with van der Waals surface area (Å²) < 4.78 is 7.57. The highest BCUT2D eigenvalue weighted by Crippen LogP contribution is 2.39. The smallest absolute Gasteiger partial charge is 0.221 e. The van der Waals surface area contributed by atoms with Crippen molar-refractivity contribution in [3.05, 3.63) is 130 Å². The molecule has 1 N–H and O–H groups in total. The van der Waals surface area contributed by atoms with E-state index in [4.69, 9.17) is 16.0 Å². The van der Waals surface area contributed by atoms with Gasteiger partial charge in [-0.15, -0.1) is 0 Å². The number of nitriles is 1. The Morgan fingerprint density at radius 2 is 1.84 bits per heavy atom. The predicted molar refractivity (Wildman–Crippen MR) is 145 cm³/mol. The lowest BCUT2D eigenvalue weighted by molar-refractivity contribution is -0.121. The summed E-state index contributed by atoms with van der Waals surface area (Å²) in [5, 5.41) is 14.0. The number of furan rings is 1. The summed E-state index contributed by atoms with van der Waals surface area (Å²) in [6, 6.07) is 27.9. The van der Waals surface area contributed by atoms with Crippen LogP contribution in [0.1, 0.15) is 45.9 Å². The molecule has 0 radical (unpaired) electrons. The second-order valence-corrected chi connectivity index (χ2v) is 9.53. The highest BCUT2D eigenvalue weighted by atomic mass is 35.5. The van der Waals surface area contributed by atoms with Crippen molar-refractivity contribution in [1.29, 1.82) is 5.26 Å². The minimum absolute atomic E-state index is 0.129. The van der Waals surface area contributed by atoms with Crippen LogP contribution in [-0.4, -0.2) is 10.5 Å². The van der Waals surface area contributed by atoms with E-state index < -0.39 is 0 Å². The molecule has 37 heavy (non-hydrogen) atoms. The van der Waals surface area contributed by atoms with Crippen LogP contribution < -0.4 is 5.32 Å². The molecule has 1 amide bonds. The number of carbonyl (C=O) groups excluding carboxylic acids is 1. The van der Waals surface area contributed by atoms with Gasteiger partial charge >= 0.3 is 0 Å². The van der Waals surface area contributed by atoms with E-state index in [1.54, 1.807) is 18.4 Å². The Morgan fingerprint density at radius 3 is 2.59 bits per heavy atom. The maximum Gasteiger partial charge on any atom is 0.221 e. The van der Waals surface area contributed by atoms with E-state index in [0.29, 0.717) is 29.4 Å². The largest absolute Gasteiger partial charge is 0.467 e. The van der Waals surface area contributed by atoms with Gasteiger partial charge in [-0.05, 0) is 47.9 Å². The van der Waals surface area contributed by atoms with Crippen molar-refractivity contribution < 1.29 is 9.21 Å². The third-order valence-electron chi connectivity index (χ3n) is 6.62. The molecule has 0 spiro atoms. The van der Waals surface area contributed by atoms with Crippen molar-refractivity contribution in [3.8, 4) is 6.07 Å². The van der Waals surface area contributed by atoms with E-state index in [-0.39, 0.29) is 18.2 Å². The number of aryl methyl sites for hydroxylation is 1. The third kappa shape index (κ3) is 5.30. The molecule has 1 unspecified atom stereocenters. The van der Waals surface area contributed by atoms with Crippen LogP contribution in [0.4, 0.5) is 0 Å². The van der Waals surface area contributed by atoms with Crippen LogP contribution in [0.15, 0.2) is 95.7 Å². The van der Waals surface area contributed by atoms with Gasteiger partial charge in [0.25, 0.3) is 0 Å². The van der Waals surface area contributed by atoms with Gasteiger partial charge in [-0.2, -0.15) is 5.26 Å². The van der Waals surface area contributed by atoms with Gasteiger partial charge in [-0.25, -0.2) is 0 Å². The number of nitrogens with zero attached hydrogens (tertiary/aromatic N) is 2. The summed E-state index contributed by atoms with van der Waals surface area (Å²) in [5.74, 6) is 0.209. The Bertz CT molecular complexity index is 1580. The third-order valence-corrected chi connectivity index (χ3v) is 7.04. The van der Waals surface area contributed by atoms with Crippen molar-refractivity contribution in [2.45, 2.75) is 32.4 Å². The first kappa shape index (κ1) is 24.4. The fraction of sp³-hybridized carbons (Fsp3) is 0.161. The Hall–Kier alpha value is -4.27. The monoisotopic (exact) mass is 507 g/mol. The maximum atomic E-state index is 13.2. The number of nitrogens with one attached hydrogen (secondary N) is 1. The van der Waals surface area contributed by atoms with Crippen molar-refractivity contribution >= 4 is 28.4 Å². The number of carbonyl (C=O) groups is 1. The first-order valence-corrected chi connectivity index (χ1v) is 12.5.